The number of aliphatic hydroxyl groups excluding tert-OH is 1. The maximum atomic E-state index is 9.19. The topological polar surface area (TPSA) is 41.9 Å². The minimum Gasteiger partial charge on any atom is -0.454 e. The lowest BCUT2D eigenvalue weighted by Gasteiger charge is -2.37. The van der Waals surface area contributed by atoms with Crippen molar-refractivity contribution in [3.63, 3.8) is 0 Å². The summed E-state index contributed by atoms with van der Waals surface area (Å²) in [6.45, 7) is 6.12. The average Bonchev–Trinajstić information content (AvgIpc) is 2.94. The summed E-state index contributed by atoms with van der Waals surface area (Å²) >= 11 is 0. The maximum Gasteiger partial charge on any atom is 0.231 e. The van der Waals surface area contributed by atoms with Crippen LogP contribution in [-0.4, -0.2) is 30.6 Å². The lowest BCUT2D eigenvalue weighted by atomic mass is 9.86. The van der Waals surface area contributed by atoms with Gasteiger partial charge in [0, 0.05) is 30.4 Å². The van der Waals surface area contributed by atoms with Gasteiger partial charge in [-0.2, -0.15) is 0 Å². The molecule has 0 saturated carbocycles. The number of anilines is 1. The lowest BCUT2D eigenvalue weighted by molar-refractivity contribution is 0.174. The lowest BCUT2D eigenvalue weighted by Crippen LogP contribution is -2.42. The summed E-state index contributed by atoms with van der Waals surface area (Å²) in [6.07, 6.45) is 2.00. The number of aliphatic hydroxyl groups is 1. The first-order chi connectivity index (χ1) is 9.13. The van der Waals surface area contributed by atoms with Crippen molar-refractivity contribution in [3.05, 3.63) is 18.2 Å². The van der Waals surface area contributed by atoms with E-state index in [0.29, 0.717) is 12.7 Å². The Labute approximate surface area is 113 Å². The van der Waals surface area contributed by atoms with E-state index in [1.54, 1.807) is 0 Å². The quantitative estimate of drug-likeness (QED) is 0.909. The molecule has 0 aromatic heterocycles. The van der Waals surface area contributed by atoms with Gasteiger partial charge in [0.1, 0.15) is 0 Å². The summed E-state index contributed by atoms with van der Waals surface area (Å²) in [4.78, 5) is 2.41. The Kier molecular flexibility index (Phi) is 3.05. The molecule has 2 heterocycles. The summed E-state index contributed by atoms with van der Waals surface area (Å²) < 4.78 is 10.8. The average molecular weight is 263 g/mol. The highest BCUT2D eigenvalue weighted by Gasteiger charge is 2.41. The Morgan fingerprint density at radius 2 is 2.11 bits per heavy atom. The van der Waals surface area contributed by atoms with Gasteiger partial charge < -0.3 is 19.5 Å². The van der Waals surface area contributed by atoms with E-state index in [0.717, 1.165) is 30.9 Å². The van der Waals surface area contributed by atoms with Gasteiger partial charge in [0.25, 0.3) is 0 Å². The standard InChI is InChI=1S/C15H21NO3/c1-15(2)11(6-8-17)5-7-16(15)12-3-4-13-14(9-12)19-10-18-13/h3-4,9,11,17H,5-8,10H2,1-2H3. The summed E-state index contributed by atoms with van der Waals surface area (Å²) in [7, 11) is 0. The Hall–Kier alpha value is -1.42. The molecule has 1 saturated heterocycles. The second kappa shape index (κ2) is 4.60. The van der Waals surface area contributed by atoms with E-state index in [1.807, 2.05) is 6.07 Å². The molecule has 3 rings (SSSR count). The summed E-state index contributed by atoms with van der Waals surface area (Å²) in [5, 5.41) is 9.19. The van der Waals surface area contributed by atoms with Gasteiger partial charge in [0.05, 0.1) is 0 Å². The van der Waals surface area contributed by atoms with Crippen LogP contribution in [0.4, 0.5) is 5.69 Å². The van der Waals surface area contributed by atoms with Gasteiger partial charge in [-0.05, 0) is 44.7 Å². The molecule has 4 nitrogen and oxygen atoms in total. The molecule has 1 aromatic carbocycles. The smallest absolute Gasteiger partial charge is 0.231 e. The second-order valence-electron chi connectivity index (χ2n) is 5.84. The Bertz CT molecular complexity index is 472. The minimum atomic E-state index is 0.0659. The zero-order valence-corrected chi connectivity index (χ0v) is 11.6. The van der Waals surface area contributed by atoms with Crippen molar-refractivity contribution in [1.29, 1.82) is 0 Å². The molecule has 0 amide bonds. The number of ether oxygens (including phenoxy) is 2. The first-order valence-electron chi connectivity index (χ1n) is 6.91. The van der Waals surface area contributed by atoms with E-state index < -0.39 is 0 Å². The largest absolute Gasteiger partial charge is 0.454 e. The fraction of sp³-hybridized carbons (Fsp3) is 0.600. The van der Waals surface area contributed by atoms with Crippen LogP contribution >= 0.6 is 0 Å². The monoisotopic (exact) mass is 263 g/mol. The maximum absolute atomic E-state index is 9.19. The fourth-order valence-corrected chi connectivity index (χ4v) is 3.32. The number of rotatable bonds is 3. The molecule has 4 heteroatoms. The van der Waals surface area contributed by atoms with Crippen LogP contribution in [0.3, 0.4) is 0 Å². The fourth-order valence-electron chi connectivity index (χ4n) is 3.32. The van der Waals surface area contributed by atoms with Gasteiger partial charge >= 0.3 is 0 Å². The molecule has 0 radical (unpaired) electrons. The van der Waals surface area contributed by atoms with E-state index >= 15 is 0 Å². The summed E-state index contributed by atoms with van der Waals surface area (Å²) in [6, 6.07) is 6.13. The summed E-state index contributed by atoms with van der Waals surface area (Å²) in [5.74, 6) is 2.19. The third-order valence-electron chi connectivity index (χ3n) is 4.54. The van der Waals surface area contributed by atoms with Crippen molar-refractivity contribution in [2.45, 2.75) is 32.2 Å². The first kappa shape index (κ1) is 12.6. The normalized spacial score (nSPS) is 23.9. The van der Waals surface area contributed by atoms with Crippen LogP contribution in [0, 0.1) is 5.92 Å². The van der Waals surface area contributed by atoms with Crippen molar-refractivity contribution < 1.29 is 14.6 Å². The van der Waals surface area contributed by atoms with E-state index in [1.165, 1.54) is 5.69 Å². The summed E-state index contributed by atoms with van der Waals surface area (Å²) in [5.41, 5.74) is 1.24. The van der Waals surface area contributed by atoms with Crippen molar-refractivity contribution in [2.24, 2.45) is 5.92 Å². The zero-order chi connectivity index (χ0) is 13.5. The molecule has 19 heavy (non-hydrogen) atoms. The van der Waals surface area contributed by atoms with Gasteiger partial charge in [0.2, 0.25) is 6.79 Å². The molecule has 1 fully saturated rings. The van der Waals surface area contributed by atoms with E-state index in [-0.39, 0.29) is 12.1 Å². The predicted octanol–water partition coefficient (Wildman–Crippen LogP) is 2.40. The van der Waals surface area contributed by atoms with Crippen LogP contribution in [0.15, 0.2) is 18.2 Å². The zero-order valence-electron chi connectivity index (χ0n) is 11.6. The van der Waals surface area contributed by atoms with Crippen molar-refractivity contribution in [2.75, 3.05) is 24.8 Å². The Balaban J connectivity index is 1.86. The number of hydrogen-bond donors (Lipinski definition) is 1. The van der Waals surface area contributed by atoms with Crippen LogP contribution in [0.25, 0.3) is 0 Å². The molecule has 1 unspecified atom stereocenters. The Morgan fingerprint density at radius 3 is 2.89 bits per heavy atom. The third kappa shape index (κ3) is 2.04. The SMILES string of the molecule is CC1(C)C(CCO)CCN1c1ccc2c(c1)OCO2. The molecular formula is C15H21NO3. The van der Waals surface area contributed by atoms with Crippen molar-refractivity contribution in [1.82, 2.24) is 0 Å². The van der Waals surface area contributed by atoms with Crippen LogP contribution in [0.2, 0.25) is 0 Å². The third-order valence-corrected chi connectivity index (χ3v) is 4.54. The Morgan fingerprint density at radius 1 is 1.32 bits per heavy atom. The highest BCUT2D eigenvalue weighted by atomic mass is 16.7. The van der Waals surface area contributed by atoms with Crippen LogP contribution in [0.1, 0.15) is 26.7 Å². The van der Waals surface area contributed by atoms with Gasteiger partial charge in [-0.25, -0.2) is 0 Å². The van der Waals surface area contributed by atoms with Gasteiger partial charge in [-0.3, -0.25) is 0 Å². The molecular weight excluding hydrogens is 242 g/mol. The van der Waals surface area contributed by atoms with Crippen LogP contribution in [0.5, 0.6) is 11.5 Å². The number of benzene rings is 1. The van der Waals surface area contributed by atoms with E-state index in [9.17, 15) is 5.11 Å². The van der Waals surface area contributed by atoms with Gasteiger partial charge in [-0.15, -0.1) is 0 Å². The van der Waals surface area contributed by atoms with Crippen LogP contribution < -0.4 is 14.4 Å². The molecule has 1 aromatic rings. The predicted molar refractivity (Wildman–Crippen MR) is 73.8 cm³/mol. The van der Waals surface area contributed by atoms with E-state index in [4.69, 9.17) is 9.47 Å². The highest BCUT2D eigenvalue weighted by molar-refractivity contribution is 5.59. The molecule has 0 spiro atoms. The minimum absolute atomic E-state index is 0.0659. The molecule has 104 valence electrons. The number of fused-ring (bicyclic) bond motifs is 1. The van der Waals surface area contributed by atoms with E-state index in [2.05, 4.69) is 30.9 Å². The molecule has 0 aliphatic carbocycles. The molecule has 0 bridgehead atoms. The van der Waals surface area contributed by atoms with Crippen molar-refractivity contribution in [3.8, 4) is 11.5 Å². The molecule has 1 atom stereocenters. The first-order valence-corrected chi connectivity index (χ1v) is 6.91. The van der Waals surface area contributed by atoms with Gasteiger partial charge in [0.15, 0.2) is 11.5 Å². The number of hydrogen-bond acceptors (Lipinski definition) is 4. The molecule has 2 aliphatic heterocycles. The van der Waals surface area contributed by atoms with Crippen molar-refractivity contribution >= 4 is 5.69 Å². The highest BCUT2D eigenvalue weighted by Crippen LogP contribution is 2.43. The van der Waals surface area contributed by atoms with Gasteiger partial charge in [-0.1, -0.05) is 0 Å². The number of nitrogens with zero attached hydrogens (tertiary/aromatic N) is 1. The molecule has 1 N–H and O–H groups in total. The second-order valence-corrected chi connectivity index (χ2v) is 5.84. The molecule has 2 aliphatic rings. The van der Waals surface area contributed by atoms with Crippen LogP contribution in [-0.2, 0) is 0 Å².